The molecule has 2 aromatic rings. The molecular formula is C15H14N2O3. The highest BCUT2D eigenvalue weighted by atomic mass is 16.6. The van der Waals surface area contributed by atoms with Crippen molar-refractivity contribution in [2.75, 3.05) is 6.61 Å². The van der Waals surface area contributed by atoms with Crippen LogP contribution in [0.3, 0.4) is 0 Å². The van der Waals surface area contributed by atoms with Crippen LogP contribution in [0, 0.1) is 5.92 Å². The van der Waals surface area contributed by atoms with Gasteiger partial charge in [-0.25, -0.2) is 9.78 Å². The smallest absolute Gasteiger partial charge is 0.359 e. The van der Waals surface area contributed by atoms with Gasteiger partial charge in [-0.05, 0) is 6.07 Å². The topological polar surface area (TPSA) is 61.3 Å². The standard InChI is InChI=1S/C15H14N2O3/c1-10-9-19-13-5-3-2-4-11(13)14(10)20-15(18)12-8-16-6-7-17-12/h2-8,10,14H,9H2,1H3. The molecule has 1 aromatic heterocycles. The minimum absolute atomic E-state index is 0.0884. The molecule has 102 valence electrons. The zero-order valence-corrected chi connectivity index (χ0v) is 11.0. The number of fused-ring (bicyclic) bond motifs is 1. The lowest BCUT2D eigenvalue weighted by Crippen LogP contribution is -2.27. The minimum atomic E-state index is -0.466. The van der Waals surface area contributed by atoms with Crippen molar-refractivity contribution in [2.24, 2.45) is 5.92 Å². The normalized spacial score (nSPS) is 20.6. The Hall–Kier alpha value is -2.43. The van der Waals surface area contributed by atoms with Gasteiger partial charge in [-0.3, -0.25) is 4.98 Å². The first kappa shape index (κ1) is 12.6. The monoisotopic (exact) mass is 270 g/mol. The van der Waals surface area contributed by atoms with E-state index in [0.717, 1.165) is 11.3 Å². The van der Waals surface area contributed by atoms with Crippen LogP contribution in [0.5, 0.6) is 5.75 Å². The molecule has 0 saturated heterocycles. The Morgan fingerprint density at radius 3 is 3.00 bits per heavy atom. The first-order valence-corrected chi connectivity index (χ1v) is 6.44. The van der Waals surface area contributed by atoms with Crippen molar-refractivity contribution < 1.29 is 14.3 Å². The summed E-state index contributed by atoms with van der Waals surface area (Å²) >= 11 is 0. The van der Waals surface area contributed by atoms with Gasteiger partial charge in [0.2, 0.25) is 0 Å². The lowest BCUT2D eigenvalue weighted by molar-refractivity contribution is -0.000843. The summed E-state index contributed by atoms with van der Waals surface area (Å²) in [4.78, 5) is 19.9. The number of carbonyl (C=O) groups is 1. The summed E-state index contributed by atoms with van der Waals surface area (Å²) < 4.78 is 11.2. The molecule has 0 N–H and O–H groups in total. The molecular weight excluding hydrogens is 256 g/mol. The maximum absolute atomic E-state index is 12.1. The van der Waals surface area contributed by atoms with E-state index in [4.69, 9.17) is 9.47 Å². The fraction of sp³-hybridized carbons (Fsp3) is 0.267. The second-order valence-corrected chi connectivity index (χ2v) is 4.74. The number of carbonyl (C=O) groups excluding carboxylic acids is 1. The maximum atomic E-state index is 12.1. The van der Waals surface area contributed by atoms with Gasteiger partial charge < -0.3 is 9.47 Å². The number of aromatic nitrogens is 2. The van der Waals surface area contributed by atoms with E-state index in [0.29, 0.717) is 6.61 Å². The minimum Gasteiger partial charge on any atom is -0.493 e. The summed E-state index contributed by atoms with van der Waals surface area (Å²) in [5.74, 6) is 0.389. The Morgan fingerprint density at radius 2 is 2.20 bits per heavy atom. The average Bonchev–Trinajstić information content (AvgIpc) is 2.51. The van der Waals surface area contributed by atoms with Crippen molar-refractivity contribution in [2.45, 2.75) is 13.0 Å². The molecule has 0 bridgehead atoms. The van der Waals surface area contributed by atoms with Gasteiger partial charge in [0.05, 0.1) is 12.8 Å². The first-order valence-electron chi connectivity index (χ1n) is 6.44. The lowest BCUT2D eigenvalue weighted by atomic mass is 9.94. The molecule has 1 aliphatic heterocycles. The molecule has 0 fully saturated rings. The van der Waals surface area contributed by atoms with E-state index in [9.17, 15) is 4.79 Å². The molecule has 20 heavy (non-hydrogen) atoms. The third kappa shape index (κ3) is 2.34. The SMILES string of the molecule is CC1COc2ccccc2C1OC(=O)c1cnccn1. The summed E-state index contributed by atoms with van der Waals surface area (Å²) in [6.07, 6.45) is 4.06. The highest BCUT2D eigenvalue weighted by Crippen LogP contribution is 2.37. The summed E-state index contributed by atoms with van der Waals surface area (Å²) in [7, 11) is 0. The van der Waals surface area contributed by atoms with Crippen LogP contribution < -0.4 is 4.74 Å². The van der Waals surface area contributed by atoms with Gasteiger partial charge in [0, 0.05) is 23.9 Å². The number of hydrogen-bond acceptors (Lipinski definition) is 5. The molecule has 0 amide bonds. The highest BCUT2D eigenvalue weighted by molar-refractivity contribution is 5.87. The number of ether oxygens (including phenoxy) is 2. The molecule has 0 saturated carbocycles. The van der Waals surface area contributed by atoms with Crippen LogP contribution in [0.1, 0.15) is 29.1 Å². The Morgan fingerprint density at radius 1 is 1.35 bits per heavy atom. The second-order valence-electron chi connectivity index (χ2n) is 4.74. The number of benzene rings is 1. The third-order valence-corrected chi connectivity index (χ3v) is 3.25. The molecule has 5 nitrogen and oxygen atoms in total. The highest BCUT2D eigenvalue weighted by Gasteiger charge is 2.31. The van der Waals surface area contributed by atoms with Crippen molar-refractivity contribution in [3.05, 3.63) is 54.1 Å². The van der Waals surface area contributed by atoms with Gasteiger partial charge >= 0.3 is 5.97 Å². The van der Waals surface area contributed by atoms with E-state index in [1.54, 1.807) is 0 Å². The van der Waals surface area contributed by atoms with Crippen molar-refractivity contribution in [3.63, 3.8) is 0 Å². The van der Waals surface area contributed by atoms with E-state index < -0.39 is 5.97 Å². The van der Waals surface area contributed by atoms with Crippen LogP contribution in [0.15, 0.2) is 42.9 Å². The van der Waals surface area contributed by atoms with Crippen LogP contribution in [0.25, 0.3) is 0 Å². The number of nitrogens with zero attached hydrogens (tertiary/aromatic N) is 2. The molecule has 2 atom stereocenters. The van der Waals surface area contributed by atoms with E-state index in [1.807, 2.05) is 31.2 Å². The van der Waals surface area contributed by atoms with Gasteiger partial charge in [0.25, 0.3) is 0 Å². The fourth-order valence-electron chi connectivity index (χ4n) is 2.22. The van der Waals surface area contributed by atoms with Crippen molar-refractivity contribution in [1.82, 2.24) is 9.97 Å². The average molecular weight is 270 g/mol. The van der Waals surface area contributed by atoms with Crippen LogP contribution in [-0.4, -0.2) is 22.5 Å². The largest absolute Gasteiger partial charge is 0.493 e. The van der Waals surface area contributed by atoms with Crippen LogP contribution in [-0.2, 0) is 4.74 Å². The Bertz CT molecular complexity index is 616. The van der Waals surface area contributed by atoms with Crippen molar-refractivity contribution in [1.29, 1.82) is 0 Å². The van der Waals surface area contributed by atoms with Crippen LogP contribution in [0.4, 0.5) is 0 Å². The van der Waals surface area contributed by atoms with Gasteiger partial charge in [0.15, 0.2) is 5.69 Å². The summed E-state index contributed by atoms with van der Waals surface area (Å²) in [5, 5.41) is 0. The molecule has 2 heterocycles. The van der Waals surface area contributed by atoms with Gasteiger partial charge in [-0.2, -0.15) is 0 Å². The number of rotatable bonds is 2. The van der Waals surface area contributed by atoms with Crippen LogP contribution in [0.2, 0.25) is 0 Å². The van der Waals surface area contributed by atoms with Gasteiger partial charge in [-0.15, -0.1) is 0 Å². The molecule has 1 aromatic carbocycles. The van der Waals surface area contributed by atoms with E-state index in [1.165, 1.54) is 18.6 Å². The maximum Gasteiger partial charge on any atom is 0.359 e. The van der Waals surface area contributed by atoms with Gasteiger partial charge in [0.1, 0.15) is 11.9 Å². The second kappa shape index (κ2) is 5.28. The Kier molecular flexibility index (Phi) is 3.33. The molecule has 0 aliphatic carbocycles. The molecule has 0 radical (unpaired) electrons. The zero-order chi connectivity index (χ0) is 13.9. The van der Waals surface area contributed by atoms with E-state index >= 15 is 0 Å². The number of hydrogen-bond donors (Lipinski definition) is 0. The predicted octanol–water partition coefficient (Wildman–Crippen LogP) is 2.40. The predicted molar refractivity (Wildman–Crippen MR) is 71.3 cm³/mol. The molecule has 2 unspecified atom stereocenters. The molecule has 0 spiro atoms. The molecule has 1 aliphatic rings. The molecule has 5 heteroatoms. The number of esters is 1. The van der Waals surface area contributed by atoms with Crippen molar-refractivity contribution in [3.8, 4) is 5.75 Å². The lowest BCUT2D eigenvalue weighted by Gasteiger charge is -2.30. The molecule has 3 rings (SSSR count). The van der Waals surface area contributed by atoms with Crippen molar-refractivity contribution >= 4 is 5.97 Å². The summed E-state index contributed by atoms with van der Waals surface area (Å²) in [6.45, 7) is 2.51. The fourth-order valence-corrected chi connectivity index (χ4v) is 2.22. The first-order chi connectivity index (χ1) is 9.75. The number of para-hydroxylation sites is 1. The third-order valence-electron chi connectivity index (χ3n) is 3.25. The van der Waals surface area contributed by atoms with E-state index in [2.05, 4.69) is 9.97 Å². The zero-order valence-electron chi connectivity index (χ0n) is 11.0. The Balaban J connectivity index is 1.85. The quantitative estimate of drug-likeness (QED) is 0.784. The van der Waals surface area contributed by atoms with Gasteiger partial charge in [-0.1, -0.05) is 25.1 Å². The van der Waals surface area contributed by atoms with Crippen LogP contribution >= 0.6 is 0 Å². The summed E-state index contributed by atoms with van der Waals surface area (Å²) in [6, 6.07) is 7.60. The Labute approximate surface area is 116 Å². The van der Waals surface area contributed by atoms with E-state index in [-0.39, 0.29) is 17.7 Å². The summed E-state index contributed by atoms with van der Waals surface area (Å²) in [5.41, 5.74) is 1.10.